The van der Waals surface area contributed by atoms with E-state index in [-0.39, 0.29) is 0 Å². The Kier molecular flexibility index (Phi) is 1.37. The van der Waals surface area contributed by atoms with Crippen molar-refractivity contribution < 1.29 is 0 Å². The average molecular weight is 102 g/mol. The van der Waals surface area contributed by atoms with Crippen LogP contribution in [0, 0.1) is 7.05 Å². The van der Waals surface area contributed by atoms with E-state index in [4.69, 9.17) is 0 Å². The molecule has 0 bridgehead atoms. The number of rotatable bonds is 0. The van der Waals surface area contributed by atoms with Gasteiger partial charge in [0.1, 0.15) is 0 Å². The number of hydrogen-bond acceptors (Lipinski definition) is 2. The van der Waals surface area contributed by atoms with E-state index < -0.39 is 0 Å². The van der Waals surface area contributed by atoms with Crippen LogP contribution in [0.2, 0.25) is 0 Å². The van der Waals surface area contributed by atoms with E-state index in [0.29, 0.717) is 0 Å². The van der Waals surface area contributed by atoms with E-state index in [0.717, 1.165) is 5.88 Å². The lowest BCUT2D eigenvalue weighted by molar-refractivity contribution is 0.484. The molecule has 0 spiro atoms. The molecule has 0 amide bonds. The van der Waals surface area contributed by atoms with Gasteiger partial charge in [0.25, 0.3) is 0 Å². The minimum Gasteiger partial charge on any atom is -0.292 e. The molecular weight excluding hydrogens is 94.1 g/mol. The summed E-state index contributed by atoms with van der Waals surface area (Å²) in [5, 5.41) is 0. The van der Waals surface area contributed by atoms with Crippen LogP contribution < -0.4 is 0 Å². The third kappa shape index (κ3) is 0.884. The fraction of sp³-hybridized carbons (Fsp3) is 0.750. The third-order valence-corrected chi connectivity index (χ3v) is 1.84. The predicted molar refractivity (Wildman–Crippen MR) is 29.4 cm³/mol. The summed E-state index contributed by atoms with van der Waals surface area (Å²) in [6.45, 7) is 1.17. The minimum absolute atomic E-state index is 1.12. The molecule has 1 rings (SSSR count). The van der Waals surface area contributed by atoms with E-state index in [9.17, 15) is 0 Å². The van der Waals surface area contributed by atoms with Crippen molar-refractivity contribution in [3.8, 4) is 0 Å². The molecule has 0 N–H and O–H groups in total. The molecule has 0 aromatic rings. The SMILES string of the molecule is [CH2]N1CCSC1. The lowest BCUT2D eigenvalue weighted by Gasteiger charge is -1.99. The van der Waals surface area contributed by atoms with Crippen LogP contribution in [0.3, 0.4) is 0 Å². The molecule has 1 saturated heterocycles. The van der Waals surface area contributed by atoms with Crippen LogP contribution in [0.5, 0.6) is 0 Å². The zero-order valence-electron chi connectivity index (χ0n) is 3.68. The molecule has 0 aromatic heterocycles. The van der Waals surface area contributed by atoms with Gasteiger partial charge in [-0.15, -0.1) is 11.8 Å². The molecule has 1 radical (unpaired) electrons. The molecular formula is C4H8NS. The fourth-order valence-electron chi connectivity index (χ4n) is 0.452. The molecule has 0 aromatic carbocycles. The molecule has 0 atom stereocenters. The standard InChI is InChI=1S/C4H8NS/c1-5-2-3-6-4-5/h1-4H2. The molecule has 0 saturated carbocycles. The minimum atomic E-state index is 1.12. The molecule has 0 aliphatic carbocycles. The Labute approximate surface area is 42.7 Å². The molecule has 0 unspecified atom stereocenters. The second-order valence-electron chi connectivity index (χ2n) is 1.43. The van der Waals surface area contributed by atoms with Gasteiger partial charge in [0, 0.05) is 25.2 Å². The van der Waals surface area contributed by atoms with Crippen molar-refractivity contribution in [1.29, 1.82) is 0 Å². The van der Waals surface area contributed by atoms with Gasteiger partial charge in [-0.3, -0.25) is 4.90 Å². The van der Waals surface area contributed by atoms with Gasteiger partial charge in [-0.2, -0.15) is 0 Å². The first-order chi connectivity index (χ1) is 2.89. The first-order valence-electron chi connectivity index (χ1n) is 2.03. The van der Waals surface area contributed by atoms with Crippen molar-refractivity contribution in [3.05, 3.63) is 7.05 Å². The van der Waals surface area contributed by atoms with Crippen LogP contribution in [0.15, 0.2) is 0 Å². The first kappa shape index (κ1) is 4.47. The van der Waals surface area contributed by atoms with Crippen molar-refractivity contribution in [3.63, 3.8) is 0 Å². The summed E-state index contributed by atoms with van der Waals surface area (Å²) in [6, 6.07) is 0. The molecule has 1 aliphatic rings. The van der Waals surface area contributed by atoms with Crippen molar-refractivity contribution >= 4 is 11.8 Å². The van der Waals surface area contributed by atoms with Crippen LogP contribution >= 0.6 is 11.8 Å². The highest BCUT2D eigenvalue weighted by molar-refractivity contribution is 7.99. The lowest BCUT2D eigenvalue weighted by Crippen LogP contribution is -2.08. The maximum atomic E-state index is 3.75. The van der Waals surface area contributed by atoms with Gasteiger partial charge in [-0.1, -0.05) is 0 Å². The molecule has 1 fully saturated rings. The van der Waals surface area contributed by atoms with Gasteiger partial charge in [0.05, 0.1) is 0 Å². The lowest BCUT2D eigenvalue weighted by atomic mass is 10.7. The summed E-state index contributed by atoms with van der Waals surface area (Å²) >= 11 is 1.95. The van der Waals surface area contributed by atoms with Crippen molar-refractivity contribution in [2.75, 3.05) is 18.2 Å². The Morgan fingerprint density at radius 1 is 1.67 bits per heavy atom. The van der Waals surface area contributed by atoms with E-state index in [1.807, 2.05) is 11.8 Å². The summed E-state index contributed by atoms with van der Waals surface area (Å²) < 4.78 is 0. The summed E-state index contributed by atoms with van der Waals surface area (Å²) in [5.74, 6) is 2.39. The molecule has 35 valence electrons. The van der Waals surface area contributed by atoms with Crippen LogP contribution in [0.4, 0.5) is 0 Å². The van der Waals surface area contributed by atoms with Crippen molar-refractivity contribution in [1.82, 2.24) is 4.90 Å². The number of nitrogens with zero attached hydrogens (tertiary/aromatic N) is 1. The van der Waals surface area contributed by atoms with Gasteiger partial charge in [-0.05, 0) is 0 Å². The van der Waals surface area contributed by atoms with Crippen molar-refractivity contribution in [2.24, 2.45) is 0 Å². The summed E-state index contributed by atoms with van der Waals surface area (Å²) in [5.41, 5.74) is 0. The van der Waals surface area contributed by atoms with Crippen LogP contribution in [0.25, 0.3) is 0 Å². The third-order valence-electron chi connectivity index (χ3n) is 0.826. The maximum absolute atomic E-state index is 3.75. The van der Waals surface area contributed by atoms with E-state index >= 15 is 0 Å². The highest BCUT2D eigenvalue weighted by atomic mass is 32.2. The topological polar surface area (TPSA) is 3.24 Å². The largest absolute Gasteiger partial charge is 0.292 e. The Hall–Kier alpha value is 0.310. The monoisotopic (exact) mass is 102 g/mol. The molecule has 1 heterocycles. The van der Waals surface area contributed by atoms with Gasteiger partial charge >= 0.3 is 0 Å². The molecule has 6 heavy (non-hydrogen) atoms. The molecule has 2 heteroatoms. The van der Waals surface area contributed by atoms with Gasteiger partial charge < -0.3 is 0 Å². The summed E-state index contributed by atoms with van der Waals surface area (Å²) in [7, 11) is 3.75. The van der Waals surface area contributed by atoms with E-state index in [2.05, 4.69) is 11.9 Å². The average Bonchev–Trinajstić information content (AvgIpc) is 1.86. The van der Waals surface area contributed by atoms with Gasteiger partial charge in [0.15, 0.2) is 0 Å². The predicted octanol–water partition coefficient (Wildman–Crippen LogP) is 0.784. The normalized spacial score (nSPS) is 25.5. The smallest absolute Gasteiger partial charge is 0.0445 e. The summed E-state index contributed by atoms with van der Waals surface area (Å²) in [6.07, 6.45) is 0. The Balaban J connectivity index is 2.18. The highest BCUT2D eigenvalue weighted by Gasteiger charge is 2.03. The second kappa shape index (κ2) is 1.85. The van der Waals surface area contributed by atoms with Crippen LogP contribution in [-0.2, 0) is 0 Å². The zero-order chi connectivity index (χ0) is 4.41. The maximum Gasteiger partial charge on any atom is 0.0445 e. The first-order valence-corrected chi connectivity index (χ1v) is 3.18. The number of hydrogen-bond donors (Lipinski definition) is 0. The Morgan fingerprint density at radius 3 is 2.67 bits per heavy atom. The summed E-state index contributed by atoms with van der Waals surface area (Å²) in [4.78, 5) is 2.07. The van der Waals surface area contributed by atoms with Crippen molar-refractivity contribution in [2.45, 2.75) is 0 Å². The Morgan fingerprint density at radius 2 is 2.50 bits per heavy atom. The van der Waals surface area contributed by atoms with Crippen LogP contribution in [0.1, 0.15) is 0 Å². The Bertz CT molecular complexity index is 40.8. The molecule has 1 aliphatic heterocycles. The van der Waals surface area contributed by atoms with Gasteiger partial charge in [0.2, 0.25) is 0 Å². The molecule has 1 nitrogen and oxygen atoms in total. The van der Waals surface area contributed by atoms with Crippen LogP contribution in [-0.4, -0.2) is 23.1 Å². The van der Waals surface area contributed by atoms with Gasteiger partial charge in [-0.25, -0.2) is 0 Å². The van der Waals surface area contributed by atoms with E-state index in [1.165, 1.54) is 12.3 Å². The zero-order valence-corrected chi connectivity index (χ0v) is 4.50. The highest BCUT2D eigenvalue weighted by Crippen LogP contribution is 2.10. The number of thioether (sulfide) groups is 1. The second-order valence-corrected chi connectivity index (χ2v) is 2.51. The fourth-order valence-corrected chi connectivity index (χ4v) is 1.36. The quantitative estimate of drug-likeness (QED) is 0.445. The van der Waals surface area contributed by atoms with E-state index in [1.54, 1.807) is 0 Å².